The monoisotopic (exact) mass is 790 g/mol. The van der Waals surface area contributed by atoms with E-state index in [1.807, 2.05) is 11.4 Å². The van der Waals surface area contributed by atoms with Crippen molar-refractivity contribution in [2.75, 3.05) is 11.4 Å². The van der Waals surface area contributed by atoms with E-state index in [0.29, 0.717) is 41.7 Å². The Balaban J connectivity index is 1.14. The van der Waals surface area contributed by atoms with Crippen molar-refractivity contribution < 1.29 is 0 Å². The number of anilines is 1. The molecule has 298 valence electrons. The van der Waals surface area contributed by atoms with Crippen LogP contribution in [0.25, 0.3) is 0 Å². The molecular weight excluding hydrogens is 725 g/mol. The van der Waals surface area contributed by atoms with Gasteiger partial charge in [-0.1, -0.05) is 111 Å². The lowest BCUT2D eigenvalue weighted by molar-refractivity contribution is 0.130. The molecule has 6 heteroatoms. The largest absolute Gasteiger partial charge is 0.360 e. The number of hydrogen-bond acceptors (Lipinski definition) is 4. The van der Waals surface area contributed by atoms with E-state index in [1.165, 1.54) is 66.9 Å². The van der Waals surface area contributed by atoms with Crippen molar-refractivity contribution in [3.8, 4) is 0 Å². The molecule has 1 aliphatic heterocycles. The van der Waals surface area contributed by atoms with Gasteiger partial charge in [-0.25, -0.2) is 0 Å². The number of rotatable bonds is 8. The Bertz CT molecular complexity index is 2190. The first-order valence-corrected chi connectivity index (χ1v) is 29.6. The fourth-order valence-electron chi connectivity index (χ4n) is 12.9. The maximum atomic E-state index is 4.97. The molecule has 2 heterocycles. The van der Waals surface area contributed by atoms with E-state index in [1.54, 1.807) is 27.5 Å². The van der Waals surface area contributed by atoms with Gasteiger partial charge in [0.15, 0.2) is 0 Å². The van der Waals surface area contributed by atoms with Crippen LogP contribution in [0.5, 0.6) is 0 Å². The SMILES string of the molecule is CC1=CC(N(C2=CC=C([Si](C)(C)C)CC2)C2C=NCCC2)C2C=C3C4C5=C(C=CC1C52)C(N(C1=CC2=C([Si](C)(C)C)C2CC1)c1cccnc1)=CC4CCC3(C)C. The van der Waals surface area contributed by atoms with E-state index in [2.05, 4.69) is 143 Å². The van der Waals surface area contributed by atoms with E-state index in [9.17, 15) is 0 Å². The van der Waals surface area contributed by atoms with Crippen LogP contribution >= 0.6 is 0 Å². The van der Waals surface area contributed by atoms with Crippen LogP contribution in [0.1, 0.15) is 72.1 Å². The molecule has 8 unspecified atom stereocenters. The van der Waals surface area contributed by atoms with Gasteiger partial charge in [-0.05, 0) is 117 Å². The Morgan fingerprint density at radius 1 is 0.895 bits per heavy atom. The Labute approximate surface area is 345 Å². The van der Waals surface area contributed by atoms with Gasteiger partial charge in [0.1, 0.15) is 0 Å². The van der Waals surface area contributed by atoms with E-state index < -0.39 is 16.1 Å². The highest BCUT2D eigenvalue weighted by atomic mass is 28.3. The molecule has 4 nitrogen and oxygen atoms in total. The van der Waals surface area contributed by atoms with Gasteiger partial charge in [0.25, 0.3) is 0 Å². The highest BCUT2D eigenvalue weighted by Crippen LogP contribution is 2.64. The maximum Gasteiger partial charge on any atom is 0.0736 e. The topological polar surface area (TPSA) is 31.7 Å². The average Bonchev–Trinajstić information content (AvgIpc) is 3.93. The number of allylic oxidation sites excluding steroid dienone is 14. The molecule has 8 atom stereocenters. The third-order valence-corrected chi connectivity index (χ3v) is 20.3. The summed E-state index contributed by atoms with van der Waals surface area (Å²) in [5.74, 6) is 3.03. The lowest BCUT2D eigenvalue weighted by Gasteiger charge is -2.58. The van der Waals surface area contributed by atoms with E-state index >= 15 is 0 Å². The summed E-state index contributed by atoms with van der Waals surface area (Å²) in [5.41, 5.74) is 14.0. The number of pyridine rings is 1. The fraction of sp³-hybridized carbons (Fsp3) is 0.529. The van der Waals surface area contributed by atoms with Crippen molar-refractivity contribution in [2.45, 2.75) is 124 Å². The minimum Gasteiger partial charge on any atom is -0.360 e. The van der Waals surface area contributed by atoms with Crippen molar-refractivity contribution in [3.63, 3.8) is 0 Å². The molecule has 0 spiro atoms. The van der Waals surface area contributed by atoms with Crippen molar-refractivity contribution in [3.05, 3.63) is 128 Å². The molecule has 1 aromatic rings. The van der Waals surface area contributed by atoms with Crippen molar-refractivity contribution in [1.29, 1.82) is 0 Å². The van der Waals surface area contributed by atoms with Crippen LogP contribution in [0.2, 0.25) is 39.3 Å². The summed E-state index contributed by atoms with van der Waals surface area (Å²) in [5, 5.41) is 3.52. The minimum atomic E-state index is -1.35. The van der Waals surface area contributed by atoms with Gasteiger partial charge < -0.3 is 9.80 Å². The second kappa shape index (κ2) is 13.5. The molecule has 0 amide bonds. The number of hydrogen-bond donors (Lipinski definition) is 0. The second-order valence-corrected chi connectivity index (χ2v) is 31.8. The quantitative estimate of drug-likeness (QED) is 0.194. The first-order chi connectivity index (χ1) is 27.2. The first kappa shape index (κ1) is 37.8. The van der Waals surface area contributed by atoms with Crippen molar-refractivity contribution >= 4 is 28.0 Å². The number of fused-ring (bicyclic) bond motifs is 1. The average molecular weight is 791 g/mol. The molecule has 0 bridgehead atoms. The zero-order valence-corrected chi connectivity index (χ0v) is 38.3. The van der Waals surface area contributed by atoms with Gasteiger partial charge in [-0.3, -0.25) is 9.98 Å². The van der Waals surface area contributed by atoms with Gasteiger partial charge in [-0.15, -0.1) is 0 Å². The molecule has 0 aromatic carbocycles. The molecule has 0 radical (unpaired) electrons. The predicted molar refractivity (Wildman–Crippen MR) is 245 cm³/mol. The number of aromatic nitrogens is 1. The number of nitrogens with zero attached hydrogens (tertiary/aromatic N) is 4. The number of aliphatic imine (C=N–C) groups is 1. The van der Waals surface area contributed by atoms with E-state index in [0.717, 1.165) is 25.3 Å². The van der Waals surface area contributed by atoms with Crippen molar-refractivity contribution in [2.24, 2.45) is 45.9 Å². The zero-order valence-electron chi connectivity index (χ0n) is 36.3. The fourth-order valence-corrected chi connectivity index (χ4v) is 16.7. The molecule has 8 aliphatic carbocycles. The van der Waals surface area contributed by atoms with Gasteiger partial charge in [0.05, 0.1) is 40.1 Å². The van der Waals surface area contributed by atoms with Crippen LogP contribution in [0, 0.1) is 40.9 Å². The van der Waals surface area contributed by atoms with Crippen LogP contribution in [-0.4, -0.2) is 50.9 Å². The highest BCUT2D eigenvalue weighted by Gasteiger charge is 2.55. The standard InChI is InChI=1S/C51H66N4Si2/c1-32-26-45(54(36-12-10-24-52-30-36)34-14-17-38(18-15-34)56(4,5)6)43-29-44-47-33(22-23-51(44,2)3)27-46(41-21-20-39(32)48(43)49(41)47)55(37-13-11-25-53-31-37)35-16-19-40-42(28-35)50(40)57(7,8)9/h11,13-14,17,20-21,25-31,33,36,39-40,43,45,47-48H,10,12,15-16,18-19,22-24H2,1-9H3. The third-order valence-electron chi connectivity index (χ3n) is 15.7. The lowest BCUT2D eigenvalue weighted by Crippen LogP contribution is -2.55. The Morgan fingerprint density at radius 3 is 2.44 bits per heavy atom. The summed E-state index contributed by atoms with van der Waals surface area (Å²) in [7, 11) is -2.69. The van der Waals surface area contributed by atoms with E-state index in [4.69, 9.17) is 9.98 Å². The summed E-state index contributed by atoms with van der Waals surface area (Å²) in [6.07, 6.45) is 37.2. The van der Waals surface area contributed by atoms with Crippen LogP contribution < -0.4 is 4.90 Å². The Morgan fingerprint density at radius 2 is 1.74 bits per heavy atom. The summed E-state index contributed by atoms with van der Waals surface area (Å²) in [6.45, 7) is 23.7. The Kier molecular flexibility index (Phi) is 8.96. The molecule has 9 aliphatic rings. The maximum absolute atomic E-state index is 4.97. The van der Waals surface area contributed by atoms with Gasteiger partial charge in [0.2, 0.25) is 0 Å². The summed E-state index contributed by atoms with van der Waals surface area (Å²) in [4.78, 5) is 15.3. The van der Waals surface area contributed by atoms with E-state index in [-0.39, 0.29) is 5.41 Å². The summed E-state index contributed by atoms with van der Waals surface area (Å²) in [6, 6.07) is 5.10. The molecule has 10 rings (SSSR count). The normalized spacial score (nSPS) is 33.6. The van der Waals surface area contributed by atoms with Crippen LogP contribution in [-0.2, 0) is 0 Å². The molecule has 57 heavy (non-hydrogen) atoms. The van der Waals surface area contributed by atoms with Crippen LogP contribution in [0.4, 0.5) is 5.69 Å². The Hall–Kier alpha value is -3.49. The molecule has 0 N–H and O–H groups in total. The summed E-state index contributed by atoms with van der Waals surface area (Å²) >= 11 is 0. The van der Waals surface area contributed by atoms with Gasteiger partial charge in [-0.2, -0.15) is 0 Å². The second-order valence-electron chi connectivity index (χ2n) is 21.7. The molecular formula is C51H66N4Si2. The first-order valence-electron chi connectivity index (χ1n) is 22.6. The third kappa shape index (κ3) is 6.24. The minimum absolute atomic E-state index is 0.179. The molecule has 1 aromatic heterocycles. The molecule has 0 saturated heterocycles. The predicted octanol–water partition coefficient (Wildman–Crippen LogP) is 12.3. The smallest absolute Gasteiger partial charge is 0.0736 e. The zero-order chi connectivity index (χ0) is 39.6. The van der Waals surface area contributed by atoms with Gasteiger partial charge >= 0.3 is 0 Å². The van der Waals surface area contributed by atoms with Crippen LogP contribution in [0.15, 0.2) is 133 Å². The summed E-state index contributed by atoms with van der Waals surface area (Å²) < 4.78 is 0. The van der Waals surface area contributed by atoms with Gasteiger partial charge in [0, 0.05) is 59.7 Å². The highest BCUT2D eigenvalue weighted by molar-refractivity contribution is 6.84. The molecule has 1 fully saturated rings. The van der Waals surface area contributed by atoms with Crippen LogP contribution in [0.3, 0.4) is 0 Å². The lowest BCUT2D eigenvalue weighted by atomic mass is 9.49. The van der Waals surface area contributed by atoms with Crippen molar-refractivity contribution in [1.82, 2.24) is 9.88 Å². The molecule has 1 saturated carbocycles.